The number of hydrogen-bond donors (Lipinski definition) is 0. The first-order valence-corrected chi connectivity index (χ1v) is 16.2. The van der Waals surface area contributed by atoms with Crippen molar-refractivity contribution in [2.45, 2.75) is 13.8 Å². The van der Waals surface area contributed by atoms with E-state index >= 15 is 0 Å². The van der Waals surface area contributed by atoms with E-state index in [1.54, 1.807) is 45.3 Å². The van der Waals surface area contributed by atoms with Crippen LogP contribution in [-0.4, -0.2) is 26.4 Å². The van der Waals surface area contributed by atoms with Crippen molar-refractivity contribution in [3.8, 4) is 42.5 Å². The van der Waals surface area contributed by atoms with Gasteiger partial charge in [0, 0.05) is 52.5 Å². The van der Waals surface area contributed by atoms with Gasteiger partial charge in [0.1, 0.15) is 26.4 Å². The molecule has 0 unspecified atom stereocenters. The molecule has 198 valence electrons. The Morgan fingerprint density at radius 3 is 1.45 bits per heavy atom. The highest BCUT2D eigenvalue weighted by molar-refractivity contribution is 7.27. The Bertz CT molecular complexity index is 2140. The van der Waals surface area contributed by atoms with Gasteiger partial charge in [-0.25, -0.2) is 0 Å². The molecule has 10 heteroatoms. The van der Waals surface area contributed by atoms with Crippen LogP contribution in [0.5, 0.6) is 23.0 Å². The minimum atomic E-state index is 0.0164. The van der Waals surface area contributed by atoms with E-state index in [4.69, 9.17) is 18.9 Å². The summed E-state index contributed by atoms with van der Waals surface area (Å²) in [6.45, 7) is 6.11. The van der Waals surface area contributed by atoms with Gasteiger partial charge < -0.3 is 18.9 Å². The maximum atomic E-state index is 13.8. The van der Waals surface area contributed by atoms with Crippen LogP contribution in [-0.2, 0) is 0 Å². The second kappa shape index (κ2) is 8.07. The molecule has 9 rings (SSSR count). The van der Waals surface area contributed by atoms with Crippen molar-refractivity contribution in [1.29, 1.82) is 0 Å². The van der Waals surface area contributed by atoms with Crippen molar-refractivity contribution >= 4 is 87.1 Å². The second-order valence-corrected chi connectivity index (χ2v) is 13.8. The molecule has 6 heterocycles. The van der Waals surface area contributed by atoms with Crippen LogP contribution in [0.4, 0.5) is 0 Å². The number of benzene rings is 1. The third-order valence-electron chi connectivity index (χ3n) is 7.90. The van der Waals surface area contributed by atoms with Gasteiger partial charge in [0.2, 0.25) is 0 Å². The van der Waals surface area contributed by atoms with Crippen molar-refractivity contribution in [3.63, 3.8) is 0 Å². The molecule has 0 bridgehead atoms. The molecule has 0 radical (unpaired) electrons. The van der Waals surface area contributed by atoms with Crippen LogP contribution in [0.1, 0.15) is 11.1 Å². The average molecular weight is 603 g/mol. The number of rotatable bonds is 2. The Labute approximate surface area is 242 Å². The normalized spacial score (nSPS) is 14.8. The molecule has 6 nitrogen and oxygen atoms in total. The van der Waals surface area contributed by atoms with Crippen molar-refractivity contribution in [2.75, 3.05) is 26.4 Å². The van der Waals surface area contributed by atoms with Gasteiger partial charge in [-0.2, -0.15) is 0 Å². The van der Waals surface area contributed by atoms with Crippen LogP contribution in [0.15, 0.2) is 32.5 Å². The average Bonchev–Trinajstić information content (AvgIpc) is 3.79. The highest BCUT2D eigenvalue weighted by Gasteiger charge is 2.28. The highest BCUT2D eigenvalue weighted by atomic mass is 32.1. The van der Waals surface area contributed by atoms with E-state index in [0.29, 0.717) is 37.2 Å². The molecule has 2 aliphatic rings. The molecule has 0 spiro atoms. The molecule has 4 aromatic heterocycles. The summed E-state index contributed by atoms with van der Waals surface area (Å²) in [5, 5.41) is 8.43. The minimum absolute atomic E-state index is 0.0164. The van der Waals surface area contributed by atoms with E-state index in [1.807, 2.05) is 36.7 Å². The van der Waals surface area contributed by atoms with Gasteiger partial charge in [0.15, 0.2) is 33.9 Å². The Kier molecular flexibility index (Phi) is 4.70. The highest BCUT2D eigenvalue weighted by Crippen LogP contribution is 2.53. The lowest BCUT2D eigenvalue weighted by Gasteiger charge is -2.15. The van der Waals surface area contributed by atoms with E-state index in [9.17, 15) is 9.59 Å². The molecule has 3 aromatic carbocycles. The smallest absolute Gasteiger partial charge is 0.195 e. The molecular weight excluding hydrogens is 585 g/mol. The number of aryl methyl sites for hydroxylation is 2. The lowest BCUT2D eigenvalue weighted by atomic mass is 10.1. The van der Waals surface area contributed by atoms with Crippen LogP contribution >= 0.6 is 45.3 Å². The van der Waals surface area contributed by atoms with Crippen LogP contribution in [0.2, 0.25) is 0 Å². The van der Waals surface area contributed by atoms with E-state index in [2.05, 4.69) is 0 Å². The first-order chi connectivity index (χ1) is 19.5. The molecule has 0 amide bonds. The zero-order chi connectivity index (χ0) is 26.9. The van der Waals surface area contributed by atoms with Gasteiger partial charge in [0.05, 0.1) is 19.5 Å². The summed E-state index contributed by atoms with van der Waals surface area (Å²) in [5.41, 5.74) is 1.93. The number of thiophene rings is 4. The number of fused-ring (bicyclic) bond motifs is 8. The monoisotopic (exact) mass is 602 g/mol. The fourth-order valence-electron chi connectivity index (χ4n) is 6.05. The van der Waals surface area contributed by atoms with E-state index < -0.39 is 0 Å². The number of ether oxygens (including phenoxy) is 4. The van der Waals surface area contributed by atoms with Gasteiger partial charge in [-0.3, -0.25) is 9.59 Å². The zero-order valence-corrected chi connectivity index (χ0v) is 24.5. The van der Waals surface area contributed by atoms with E-state index in [-0.39, 0.29) is 10.9 Å². The van der Waals surface area contributed by atoms with Gasteiger partial charge >= 0.3 is 0 Å². The fourth-order valence-corrected chi connectivity index (χ4v) is 11.0. The number of hydrogen-bond acceptors (Lipinski definition) is 10. The van der Waals surface area contributed by atoms with Crippen molar-refractivity contribution < 1.29 is 18.9 Å². The molecule has 40 heavy (non-hydrogen) atoms. The second-order valence-electron chi connectivity index (χ2n) is 10.0. The largest absolute Gasteiger partial charge is 0.485 e. The molecule has 0 fully saturated rings. The topological polar surface area (TPSA) is 71.1 Å². The molecule has 2 aliphatic heterocycles. The van der Waals surface area contributed by atoms with Crippen molar-refractivity contribution in [1.82, 2.24) is 0 Å². The third-order valence-corrected chi connectivity index (χ3v) is 12.8. The van der Waals surface area contributed by atoms with Gasteiger partial charge in [-0.1, -0.05) is 0 Å². The summed E-state index contributed by atoms with van der Waals surface area (Å²) in [6.07, 6.45) is 0. The van der Waals surface area contributed by atoms with Crippen molar-refractivity contribution in [2.24, 2.45) is 0 Å². The third kappa shape index (κ3) is 2.86. The lowest BCUT2D eigenvalue weighted by Crippen LogP contribution is -2.14. The predicted octanol–water partition coefficient (Wildman–Crippen LogP) is 7.63. The lowest BCUT2D eigenvalue weighted by molar-refractivity contribution is 0.174. The Morgan fingerprint density at radius 1 is 0.575 bits per heavy atom. The minimum Gasteiger partial charge on any atom is -0.485 e. The van der Waals surface area contributed by atoms with Gasteiger partial charge in [-0.05, 0) is 37.1 Å². The first-order valence-electron chi connectivity index (χ1n) is 12.8. The summed E-state index contributed by atoms with van der Waals surface area (Å²) in [5.74, 6) is 3.04. The summed E-state index contributed by atoms with van der Waals surface area (Å²) >= 11 is 6.34. The Balaban J connectivity index is 1.27. The Morgan fingerprint density at radius 2 is 1.00 bits per heavy atom. The Hall–Kier alpha value is -3.44. The van der Waals surface area contributed by atoms with Gasteiger partial charge in [-0.15, -0.1) is 45.3 Å². The SMILES string of the molecule is Cc1c(-c2scc3c2OCCO3)sc2c1c(=O)c1cc3c(cc12)c(=O)c1c(C)c(-c2scc4c2OCCO4)sc13. The maximum Gasteiger partial charge on any atom is 0.195 e. The fraction of sp³-hybridized carbons (Fsp3) is 0.200. The first kappa shape index (κ1) is 23.3. The molecule has 0 saturated heterocycles. The summed E-state index contributed by atoms with van der Waals surface area (Å²) < 4.78 is 25.2. The molecule has 7 aromatic rings. The van der Waals surface area contributed by atoms with E-state index in [0.717, 1.165) is 84.6 Å². The van der Waals surface area contributed by atoms with Crippen LogP contribution < -0.4 is 29.8 Å². The van der Waals surface area contributed by atoms with Crippen molar-refractivity contribution in [3.05, 3.63) is 54.5 Å². The molecule has 0 aliphatic carbocycles. The summed E-state index contributed by atoms with van der Waals surface area (Å²) in [7, 11) is 0. The van der Waals surface area contributed by atoms with Crippen LogP contribution in [0, 0.1) is 13.8 Å². The van der Waals surface area contributed by atoms with Crippen LogP contribution in [0.3, 0.4) is 0 Å². The molecule has 0 N–H and O–H groups in total. The molecule has 0 atom stereocenters. The van der Waals surface area contributed by atoms with E-state index in [1.165, 1.54) is 0 Å². The summed E-state index contributed by atoms with van der Waals surface area (Å²) in [6, 6.07) is 3.88. The predicted molar refractivity (Wildman–Crippen MR) is 165 cm³/mol. The molecular formula is C30H18O6S4. The van der Waals surface area contributed by atoms with Crippen LogP contribution in [0.25, 0.3) is 61.2 Å². The maximum absolute atomic E-state index is 13.8. The standard InChI is InChI=1S/C30H18O6S4/c1-11-19-21(31)13-7-16-14(8-15(13)27(19)39-25(11)29-23-17(9-37-29)33-3-5-35-23)22(32)20-12(2)26(40-28(16)20)30-24-18(10-38-30)34-4-6-36-24/h7-10H,3-6H2,1-2H3. The molecule has 0 saturated carbocycles. The van der Waals surface area contributed by atoms with Gasteiger partial charge in [0.25, 0.3) is 0 Å². The zero-order valence-electron chi connectivity index (χ0n) is 21.2. The quantitative estimate of drug-likeness (QED) is 0.203. The summed E-state index contributed by atoms with van der Waals surface area (Å²) in [4.78, 5) is 31.7.